The van der Waals surface area contributed by atoms with Gasteiger partial charge in [-0.2, -0.15) is 0 Å². The van der Waals surface area contributed by atoms with Crippen molar-refractivity contribution in [1.29, 1.82) is 0 Å². The highest BCUT2D eigenvalue weighted by molar-refractivity contribution is 5.80. The zero-order chi connectivity index (χ0) is 9.84. The molecular formula is C8H15N3O2. The molecule has 0 aromatic carbocycles. The Hall–Kier alpha value is -1.26. The van der Waals surface area contributed by atoms with Crippen molar-refractivity contribution in [3.8, 4) is 0 Å². The molecule has 2 unspecified atom stereocenters. The predicted molar refractivity (Wildman–Crippen MR) is 47.9 cm³/mol. The molecule has 0 aromatic rings. The van der Waals surface area contributed by atoms with E-state index in [-0.39, 0.29) is 17.9 Å². The van der Waals surface area contributed by atoms with Crippen molar-refractivity contribution in [2.24, 2.45) is 11.7 Å². The number of nitrogens with one attached hydrogen (secondary N) is 2. The normalized spacial score (nSPS) is 26.8. The zero-order valence-electron chi connectivity index (χ0n) is 7.67. The summed E-state index contributed by atoms with van der Waals surface area (Å²) in [4.78, 5) is 21.9. The highest BCUT2D eigenvalue weighted by Crippen LogP contribution is 2.25. The Kier molecular flexibility index (Phi) is 3.11. The van der Waals surface area contributed by atoms with Gasteiger partial charge in [0.1, 0.15) is 0 Å². The third-order valence-corrected chi connectivity index (χ3v) is 2.43. The van der Waals surface area contributed by atoms with Gasteiger partial charge in [-0.3, -0.25) is 4.79 Å². The molecule has 3 amide bonds. The van der Waals surface area contributed by atoms with E-state index < -0.39 is 6.03 Å². The third kappa shape index (κ3) is 2.34. The van der Waals surface area contributed by atoms with Crippen molar-refractivity contribution in [3.05, 3.63) is 0 Å². The van der Waals surface area contributed by atoms with Crippen LogP contribution in [0.5, 0.6) is 0 Å². The van der Waals surface area contributed by atoms with Gasteiger partial charge in [0.2, 0.25) is 5.91 Å². The summed E-state index contributed by atoms with van der Waals surface area (Å²) < 4.78 is 0. The predicted octanol–water partition coefficient (Wildman–Crippen LogP) is -0.431. The van der Waals surface area contributed by atoms with Crippen molar-refractivity contribution in [3.63, 3.8) is 0 Å². The molecular weight excluding hydrogens is 170 g/mol. The maximum atomic E-state index is 11.3. The highest BCUT2D eigenvalue weighted by Gasteiger charge is 2.32. The van der Waals surface area contributed by atoms with E-state index >= 15 is 0 Å². The first-order chi connectivity index (χ1) is 6.15. The number of amides is 3. The van der Waals surface area contributed by atoms with Crippen LogP contribution in [-0.2, 0) is 4.79 Å². The molecule has 74 valence electrons. The van der Waals surface area contributed by atoms with Gasteiger partial charge in [-0.1, -0.05) is 6.42 Å². The maximum Gasteiger partial charge on any atom is 0.312 e. The topological polar surface area (TPSA) is 84.2 Å². The Bertz CT molecular complexity index is 217. The highest BCUT2D eigenvalue weighted by atomic mass is 16.2. The molecule has 5 heteroatoms. The van der Waals surface area contributed by atoms with Gasteiger partial charge in [-0.05, 0) is 12.8 Å². The Morgan fingerprint density at radius 2 is 2.08 bits per heavy atom. The molecule has 1 saturated carbocycles. The second-order valence-corrected chi connectivity index (χ2v) is 3.27. The smallest absolute Gasteiger partial charge is 0.312 e. The van der Waals surface area contributed by atoms with E-state index in [4.69, 9.17) is 5.73 Å². The van der Waals surface area contributed by atoms with Gasteiger partial charge in [0.15, 0.2) is 0 Å². The average Bonchev–Trinajstić information content (AvgIpc) is 2.50. The van der Waals surface area contributed by atoms with E-state index in [2.05, 4.69) is 10.6 Å². The molecule has 0 aliphatic heterocycles. The maximum absolute atomic E-state index is 11.3. The van der Waals surface area contributed by atoms with Gasteiger partial charge < -0.3 is 16.4 Å². The first-order valence-electron chi connectivity index (χ1n) is 4.42. The van der Waals surface area contributed by atoms with Crippen LogP contribution in [-0.4, -0.2) is 25.0 Å². The van der Waals surface area contributed by atoms with Gasteiger partial charge in [0.05, 0.1) is 5.92 Å². The molecule has 1 fully saturated rings. The third-order valence-electron chi connectivity index (χ3n) is 2.43. The first-order valence-corrected chi connectivity index (χ1v) is 4.42. The summed E-state index contributed by atoms with van der Waals surface area (Å²) in [6, 6.07) is -0.641. The Morgan fingerprint density at radius 3 is 2.62 bits per heavy atom. The summed E-state index contributed by atoms with van der Waals surface area (Å²) in [5, 5.41) is 5.16. The second kappa shape index (κ2) is 4.11. The summed E-state index contributed by atoms with van der Waals surface area (Å²) in [5.41, 5.74) is 4.99. The standard InChI is InChI=1S/C8H15N3O2/c1-10-7(12)5-3-2-4-6(5)11-8(9)13/h5-6H,2-4H2,1H3,(H,10,12)(H3,9,11,13). The fraction of sp³-hybridized carbons (Fsp3) is 0.750. The van der Waals surface area contributed by atoms with Crippen molar-refractivity contribution in [2.45, 2.75) is 25.3 Å². The van der Waals surface area contributed by atoms with Crippen molar-refractivity contribution < 1.29 is 9.59 Å². The molecule has 4 N–H and O–H groups in total. The lowest BCUT2D eigenvalue weighted by Crippen LogP contribution is -2.45. The van der Waals surface area contributed by atoms with Gasteiger partial charge in [0, 0.05) is 13.1 Å². The number of rotatable bonds is 2. The number of carbonyl (C=O) groups excluding carboxylic acids is 2. The van der Waals surface area contributed by atoms with Crippen molar-refractivity contribution in [1.82, 2.24) is 10.6 Å². The number of urea groups is 1. The fourth-order valence-electron chi connectivity index (χ4n) is 1.81. The number of hydrogen-bond donors (Lipinski definition) is 3. The molecule has 0 heterocycles. The van der Waals surface area contributed by atoms with Crippen LogP contribution in [0, 0.1) is 5.92 Å². The van der Waals surface area contributed by atoms with Crippen LogP contribution >= 0.6 is 0 Å². The van der Waals surface area contributed by atoms with Crippen LogP contribution in [0.25, 0.3) is 0 Å². The monoisotopic (exact) mass is 185 g/mol. The number of hydrogen-bond acceptors (Lipinski definition) is 2. The molecule has 0 bridgehead atoms. The van der Waals surface area contributed by atoms with Crippen LogP contribution < -0.4 is 16.4 Å². The van der Waals surface area contributed by atoms with Crippen molar-refractivity contribution in [2.75, 3.05) is 7.05 Å². The van der Waals surface area contributed by atoms with Gasteiger partial charge in [0.25, 0.3) is 0 Å². The van der Waals surface area contributed by atoms with Crippen LogP contribution in [0.1, 0.15) is 19.3 Å². The first kappa shape index (κ1) is 9.83. The van der Waals surface area contributed by atoms with E-state index in [1.54, 1.807) is 7.05 Å². The van der Waals surface area contributed by atoms with Crippen LogP contribution in [0.4, 0.5) is 4.79 Å². The molecule has 1 aliphatic rings. The second-order valence-electron chi connectivity index (χ2n) is 3.27. The molecule has 2 atom stereocenters. The van der Waals surface area contributed by atoms with E-state index in [0.717, 1.165) is 19.3 Å². The van der Waals surface area contributed by atoms with Gasteiger partial charge >= 0.3 is 6.03 Å². The molecule has 1 aliphatic carbocycles. The summed E-state index contributed by atoms with van der Waals surface area (Å²) in [6.07, 6.45) is 2.62. The summed E-state index contributed by atoms with van der Waals surface area (Å²) >= 11 is 0. The lowest BCUT2D eigenvalue weighted by Gasteiger charge is -2.18. The Balaban J connectivity index is 2.53. The average molecular weight is 185 g/mol. The molecule has 13 heavy (non-hydrogen) atoms. The number of primary amides is 1. The molecule has 0 radical (unpaired) electrons. The number of nitrogens with two attached hydrogens (primary N) is 1. The van der Waals surface area contributed by atoms with Gasteiger partial charge in [-0.25, -0.2) is 4.79 Å². The molecule has 0 saturated heterocycles. The molecule has 0 aromatic heterocycles. The number of carbonyl (C=O) groups is 2. The largest absolute Gasteiger partial charge is 0.359 e. The fourth-order valence-corrected chi connectivity index (χ4v) is 1.81. The van der Waals surface area contributed by atoms with E-state index in [0.29, 0.717) is 0 Å². The van der Waals surface area contributed by atoms with E-state index in [9.17, 15) is 9.59 Å². The van der Waals surface area contributed by atoms with Crippen molar-refractivity contribution >= 4 is 11.9 Å². The lowest BCUT2D eigenvalue weighted by atomic mass is 10.0. The van der Waals surface area contributed by atoms with E-state index in [1.165, 1.54) is 0 Å². The van der Waals surface area contributed by atoms with Crippen LogP contribution in [0.3, 0.4) is 0 Å². The SMILES string of the molecule is CNC(=O)C1CCCC1NC(N)=O. The summed E-state index contributed by atoms with van der Waals surface area (Å²) in [6.45, 7) is 0. The summed E-state index contributed by atoms with van der Waals surface area (Å²) in [5.74, 6) is -0.131. The van der Waals surface area contributed by atoms with Gasteiger partial charge in [-0.15, -0.1) is 0 Å². The van der Waals surface area contributed by atoms with Crippen LogP contribution in [0.15, 0.2) is 0 Å². The molecule has 1 rings (SSSR count). The Morgan fingerprint density at radius 1 is 1.38 bits per heavy atom. The minimum Gasteiger partial charge on any atom is -0.359 e. The minimum absolute atomic E-state index is 0.0174. The van der Waals surface area contributed by atoms with E-state index in [1.807, 2.05) is 0 Å². The quantitative estimate of drug-likeness (QED) is 0.545. The summed E-state index contributed by atoms with van der Waals surface area (Å²) in [7, 11) is 1.60. The lowest BCUT2D eigenvalue weighted by molar-refractivity contribution is -0.124. The molecule has 0 spiro atoms. The van der Waals surface area contributed by atoms with Crippen LogP contribution in [0.2, 0.25) is 0 Å². The zero-order valence-corrected chi connectivity index (χ0v) is 7.67. The molecule has 5 nitrogen and oxygen atoms in total. The Labute approximate surface area is 77.1 Å². The minimum atomic E-state index is -0.555.